The van der Waals surface area contributed by atoms with Crippen molar-refractivity contribution in [1.82, 2.24) is 5.32 Å². The minimum absolute atomic E-state index is 0.0908. The van der Waals surface area contributed by atoms with Gasteiger partial charge in [-0.15, -0.1) is 0 Å². The number of rotatable bonds is 3. The van der Waals surface area contributed by atoms with Gasteiger partial charge in [-0.3, -0.25) is 4.99 Å². The van der Waals surface area contributed by atoms with Crippen LogP contribution in [0.25, 0.3) is 0 Å². The summed E-state index contributed by atoms with van der Waals surface area (Å²) >= 11 is 0. The Bertz CT molecular complexity index is 198. The fourth-order valence-corrected chi connectivity index (χ4v) is 0.722. The molecule has 0 aromatic rings. The highest BCUT2D eigenvalue weighted by Crippen LogP contribution is 2.16. The van der Waals surface area contributed by atoms with Crippen LogP contribution in [0.5, 0.6) is 0 Å². The first kappa shape index (κ1) is 13.2. The summed E-state index contributed by atoms with van der Waals surface area (Å²) in [5.41, 5.74) is 5.44. The van der Waals surface area contributed by atoms with Gasteiger partial charge in [-0.2, -0.15) is 13.2 Å². The second kappa shape index (κ2) is 5.19. The first-order valence-electron chi connectivity index (χ1n) is 4.42. The second-order valence-electron chi connectivity index (χ2n) is 3.11. The Labute approximate surface area is 81.6 Å². The fourth-order valence-electron chi connectivity index (χ4n) is 0.722. The third kappa shape index (κ3) is 4.45. The van der Waals surface area contributed by atoms with Crippen molar-refractivity contribution >= 4 is 5.84 Å². The van der Waals surface area contributed by atoms with E-state index >= 15 is 0 Å². The Morgan fingerprint density at radius 1 is 1.43 bits per heavy atom. The van der Waals surface area contributed by atoms with Crippen molar-refractivity contribution in [1.29, 1.82) is 0 Å². The molecule has 0 saturated carbocycles. The van der Waals surface area contributed by atoms with Gasteiger partial charge in [0.1, 0.15) is 0 Å². The molecule has 0 fully saturated rings. The molecule has 84 valence electrons. The molecule has 3 N–H and O–H groups in total. The van der Waals surface area contributed by atoms with Crippen LogP contribution < -0.4 is 11.1 Å². The quantitative estimate of drug-likeness (QED) is 0.546. The number of hydrogen-bond acceptors (Lipinski definition) is 2. The lowest BCUT2D eigenvalue weighted by Crippen LogP contribution is -2.49. The van der Waals surface area contributed by atoms with Gasteiger partial charge in [0.2, 0.25) is 5.84 Å². The van der Waals surface area contributed by atoms with Crippen molar-refractivity contribution in [3.05, 3.63) is 0 Å². The van der Waals surface area contributed by atoms with Crippen molar-refractivity contribution in [2.45, 2.75) is 39.0 Å². The second-order valence-corrected chi connectivity index (χ2v) is 3.11. The summed E-state index contributed by atoms with van der Waals surface area (Å²) in [6.07, 6.45) is -4.43. The number of halogens is 3. The maximum atomic E-state index is 12.3. The Balaban J connectivity index is 4.48. The summed E-state index contributed by atoms with van der Waals surface area (Å²) in [4.78, 5) is 3.34. The van der Waals surface area contributed by atoms with E-state index in [1.807, 2.05) is 0 Å². The van der Waals surface area contributed by atoms with Gasteiger partial charge in [0.15, 0.2) is 0 Å². The maximum Gasteiger partial charge on any atom is 0.448 e. The van der Waals surface area contributed by atoms with Crippen LogP contribution in [-0.4, -0.2) is 30.6 Å². The normalized spacial score (nSPS) is 17.8. The van der Waals surface area contributed by atoms with Gasteiger partial charge < -0.3 is 11.1 Å². The van der Waals surface area contributed by atoms with Gasteiger partial charge in [-0.1, -0.05) is 0 Å². The zero-order valence-corrected chi connectivity index (χ0v) is 8.52. The number of nitrogens with one attached hydrogen (secondary N) is 1. The average molecular weight is 211 g/mol. The molecule has 0 aliphatic rings. The SMILES string of the molecule is CCN=C(NC(C)[C@@H](C)N)C(F)(F)F. The molecule has 1 unspecified atom stereocenters. The molecule has 0 rings (SSSR count). The lowest BCUT2D eigenvalue weighted by Gasteiger charge is -2.21. The predicted molar refractivity (Wildman–Crippen MR) is 50.3 cm³/mol. The standard InChI is InChI=1S/C8H16F3N3/c1-4-13-7(8(9,10)11)14-6(3)5(2)12/h5-6H,4,12H2,1-3H3,(H,13,14)/t5-,6?/m1/s1. The van der Waals surface area contributed by atoms with Gasteiger partial charge in [0, 0.05) is 18.6 Å². The van der Waals surface area contributed by atoms with Crippen LogP contribution >= 0.6 is 0 Å². The van der Waals surface area contributed by atoms with Gasteiger partial charge in [-0.05, 0) is 20.8 Å². The first-order valence-corrected chi connectivity index (χ1v) is 4.42. The van der Waals surface area contributed by atoms with E-state index in [9.17, 15) is 13.2 Å². The summed E-state index contributed by atoms with van der Waals surface area (Å²) in [5, 5.41) is 2.26. The van der Waals surface area contributed by atoms with Crippen LogP contribution in [0.1, 0.15) is 20.8 Å². The summed E-state index contributed by atoms with van der Waals surface area (Å²) in [6.45, 7) is 4.86. The summed E-state index contributed by atoms with van der Waals surface area (Å²) in [7, 11) is 0. The minimum Gasteiger partial charge on any atom is -0.362 e. The topological polar surface area (TPSA) is 50.4 Å². The molecule has 0 radical (unpaired) electrons. The number of alkyl halides is 3. The van der Waals surface area contributed by atoms with Crippen molar-refractivity contribution in [2.75, 3.05) is 6.54 Å². The predicted octanol–water partition coefficient (Wildman–Crippen LogP) is 1.29. The summed E-state index contributed by atoms with van der Waals surface area (Å²) in [5.74, 6) is -0.954. The maximum absolute atomic E-state index is 12.3. The van der Waals surface area contributed by atoms with Crippen LogP contribution in [0.2, 0.25) is 0 Å². The number of hydrogen-bond donors (Lipinski definition) is 2. The Hall–Kier alpha value is -0.780. The molecule has 2 atom stereocenters. The highest BCUT2D eigenvalue weighted by atomic mass is 19.4. The van der Waals surface area contributed by atoms with Crippen molar-refractivity contribution in [2.24, 2.45) is 10.7 Å². The fraction of sp³-hybridized carbons (Fsp3) is 0.875. The van der Waals surface area contributed by atoms with E-state index in [0.29, 0.717) is 0 Å². The largest absolute Gasteiger partial charge is 0.448 e. The van der Waals surface area contributed by atoms with Crippen LogP contribution in [0, 0.1) is 0 Å². The average Bonchev–Trinajstić information content (AvgIpc) is 2.01. The Kier molecular flexibility index (Phi) is 4.90. The monoisotopic (exact) mass is 211 g/mol. The van der Waals surface area contributed by atoms with Crippen LogP contribution in [0.15, 0.2) is 4.99 Å². The number of nitrogens with two attached hydrogens (primary N) is 1. The molecule has 6 heteroatoms. The Morgan fingerprint density at radius 3 is 2.21 bits per heavy atom. The lowest BCUT2D eigenvalue weighted by atomic mass is 10.2. The molecule has 0 amide bonds. The van der Waals surface area contributed by atoms with Crippen LogP contribution in [0.4, 0.5) is 13.2 Å². The molecule has 0 spiro atoms. The third-order valence-electron chi connectivity index (χ3n) is 1.74. The third-order valence-corrected chi connectivity index (χ3v) is 1.74. The molecule has 3 nitrogen and oxygen atoms in total. The summed E-state index contributed by atoms with van der Waals surface area (Å²) in [6, 6.07) is -0.818. The van der Waals surface area contributed by atoms with Gasteiger partial charge in [0.25, 0.3) is 0 Å². The Morgan fingerprint density at radius 2 is 1.93 bits per heavy atom. The number of aliphatic imine (C=N–C) groups is 1. The molecular formula is C8H16F3N3. The van der Waals surface area contributed by atoms with Crippen molar-refractivity contribution in [3.8, 4) is 0 Å². The van der Waals surface area contributed by atoms with Gasteiger partial charge >= 0.3 is 6.18 Å². The molecule has 0 aromatic heterocycles. The molecule has 0 aromatic carbocycles. The molecule has 0 aliphatic carbocycles. The summed E-state index contributed by atoms with van der Waals surface area (Å²) < 4.78 is 36.9. The van der Waals surface area contributed by atoms with E-state index in [2.05, 4.69) is 10.3 Å². The van der Waals surface area contributed by atoms with E-state index in [0.717, 1.165) is 0 Å². The smallest absolute Gasteiger partial charge is 0.362 e. The highest BCUT2D eigenvalue weighted by Gasteiger charge is 2.36. The van der Waals surface area contributed by atoms with E-state index in [1.54, 1.807) is 20.8 Å². The molecule has 0 aliphatic heterocycles. The van der Waals surface area contributed by atoms with E-state index in [1.165, 1.54) is 0 Å². The van der Waals surface area contributed by atoms with Gasteiger partial charge in [0.05, 0.1) is 0 Å². The lowest BCUT2D eigenvalue weighted by molar-refractivity contribution is -0.0625. The van der Waals surface area contributed by atoms with Crippen molar-refractivity contribution in [3.63, 3.8) is 0 Å². The van der Waals surface area contributed by atoms with Crippen LogP contribution in [0.3, 0.4) is 0 Å². The first-order chi connectivity index (χ1) is 6.29. The zero-order valence-electron chi connectivity index (χ0n) is 8.52. The molecule has 0 saturated heterocycles. The van der Waals surface area contributed by atoms with E-state index in [4.69, 9.17) is 5.73 Å². The molecule has 0 heterocycles. The molecular weight excluding hydrogens is 195 g/mol. The zero-order chi connectivity index (χ0) is 11.4. The van der Waals surface area contributed by atoms with Gasteiger partial charge in [-0.25, -0.2) is 0 Å². The van der Waals surface area contributed by atoms with Crippen molar-refractivity contribution < 1.29 is 13.2 Å². The highest BCUT2D eigenvalue weighted by molar-refractivity contribution is 5.87. The minimum atomic E-state index is -4.43. The van der Waals surface area contributed by atoms with E-state index in [-0.39, 0.29) is 12.6 Å². The van der Waals surface area contributed by atoms with E-state index < -0.39 is 18.1 Å². The number of nitrogens with zero attached hydrogens (tertiary/aromatic N) is 1. The van der Waals surface area contributed by atoms with Crippen LogP contribution in [-0.2, 0) is 0 Å². The number of amidine groups is 1. The molecule has 0 bridgehead atoms. The molecule has 14 heavy (non-hydrogen) atoms.